The van der Waals surface area contributed by atoms with Gasteiger partial charge in [0.2, 0.25) is 0 Å². The van der Waals surface area contributed by atoms with Crippen LogP contribution < -0.4 is 0 Å². The molecule has 0 aromatic carbocycles. The van der Waals surface area contributed by atoms with Gasteiger partial charge in [-0.25, -0.2) is 0 Å². The molecule has 1 spiro atoms. The highest BCUT2D eigenvalue weighted by molar-refractivity contribution is 5.35. The van der Waals surface area contributed by atoms with E-state index in [9.17, 15) is 0 Å². The van der Waals surface area contributed by atoms with E-state index >= 15 is 0 Å². The number of rotatable bonds is 0. The van der Waals surface area contributed by atoms with Crippen LogP contribution in [-0.2, 0) is 4.74 Å². The van der Waals surface area contributed by atoms with Crippen LogP contribution in [0.5, 0.6) is 0 Å². The van der Waals surface area contributed by atoms with E-state index in [-0.39, 0.29) is 0 Å². The fraction of sp³-hybridized carbons (Fsp3) is 1.00. The summed E-state index contributed by atoms with van der Waals surface area (Å²) in [6, 6.07) is 0. The lowest BCUT2D eigenvalue weighted by Crippen LogP contribution is -2.30. The summed E-state index contributed by atoms with van der Waals surface area (Å²) in [6.45, 7) is 1.15. The van der Waals surface area contributed by atoms with Gasteiger partial charge in [0.25, 0.3) is 0 Å². The number of hydrogen-bond acceptors (Lipinski definition) is 1. The minimum Gasteiger partial charge on any atom is -0.369 e. The molecule has 1 saturated heterocycles. The average Bonchev–Trinajstić information content (AvgIpc) is 2.43. The molecule has 68 valence electrons. The van der Waals surface area contributed by atoms with E-state index in [0.29, 0.717) is 5.60 Å². The van der Waals surface area contributed by atoms with E-state index in [1.807, 2.05) is 0 Å². The van der Waals surface area contributed by atoms with Gasteiger partial charge in [0.15, 0.2) is 0 Å². The first-order chi connectivity index (χ1) is 6.42. The van der Waals surface area contributed by atoms with Crippen LogP contribution in [0.2, 0.25) is 0 Å². The smallest absolute Gasteiger partial charge is 0.0983 e. The maximum absolute atomic E-state index is 5.92. The summed E-state index contributed by atoms with van der Waals surface area (Å²) in [7, 11) is 0. The van der Waals surface area contributed by atoms with Crippen LogP contribution in [0.15, 0.2) is 0 Å². The summed E-state index contributed by atoms with van der Waals surface area (Å²) in [5.41, 5.74) is 0.505. The maximum Gasteiger partial charge on any atom is 0.0983 e. The zero-order valence-corrected chi connectivity index (χ0v) is 7.65. The Hall–Kier alpha value is -0.0400. The third-order valence-electron chi connectivity index (χ3n) is 6.97. The molecule has 1 nitrogen and oxygen atoms in total. The van der Waals surface area contributed by atoms with Crippen LogP contribution in [0.4, 0.5) is 0 Å². The molecular formula is C12H14O. The van der Waals surface area contributed by atoms with E-state index in [2.05, 4.69) is 0 Å². The molecule has 6 bridgehead atoms. The molecule has 7 fully saturated rings. The van der Waals surface area contributed by atoms with Crippen molar-refractivity contribution in [3.8, 4) is 0 Å². The summed E-state index contributed by atoms with van der Waals surface area (Å²) in [5, 5.41) is 0. The monoisotopic (exact) mass is 174 g/mol. The van der Waals surface area contributed by atoms with E-state index < -0.39 is 0 Å². The SMILES string of the molecule is C1[C@@H]2[C@H]3[C@@H]4C[C@H]5[C@@H]([C@@H]14)[C@@H]2C1(CO1)[C@@H]53. The van der Waals surface area contributed by atoms with Crippen LogP contribution in [0.1, 0.15) is 12.8 Å². The molecule has 6 aliphatic carbocycles. The van der Waals surface area contributed by atoms with Crippen molar-refractivity contribution in [3.63, 3.8) is 0 Å². The highest BCUT2D eigenvalue weighted by Gasteiger charge is 2.88. The van der Waals surface area contributed by atoms with Crippen LogP contribution in [0, 0.1) is 47.3 Å². The second kappa shape index (κ2) is 1.25. The average molecular weight is 174 g/mol. The molecule has 0 amide bonds. The van der Waals surface area contributed by atoms with Gasteiger partial charge in [-0.3, -0.25) is 0 Å². The van der Waals surface area contributed by atoms with Crippen molar-refractivity contribution in [2.45, 2.75) is 18.4 Å². The lowest BCUT2D eigenvalue weighted by atomic mass is 9.71. The summed E-state index contributed by atoms with van der Waals surface area (Å²) in [4.78, 5) is 0. The topological polar surface area (TPSA) is 12.5 Å². The third kappa shape index (κ3) is 0.319. The van der Waals surface area contributed by atoms with E-state index in [1.54, 1.807) is 12.8 Å². The van der Waals surface area contributed by atoms with Crippen molar-refractivity contribution < 1.29 is 4.74 Å². The predicted molar refractivity (Wildman–Crippen MR) is 45.8 cm³/mol. The van der Waals surface area contributed by atoms with E-state index in [4.69, 9.17) is 4.74 Å². The molecular weight excluding hydrogens is 160 g/mol. The highest BCUT2D eigenvalue weighted by Crippen LogP contribution is 2.87. The quantitative estimate of drug-likeness (QED) is 0.507. The first-order valence-corrected chi connectivity index (χ1v) is 6.06. The molecule has 6 saturated carbocycles. The van der Waals surface area contributed by atoms with Crippen molar-refractivity contribution in [1.29, 1.82) is 0 Å². The Morgan fingerprint density at radius 1 is 0.846 bits per heavy atom. The molecule has 1 unspecified atom stereocenters. The summed E-state index contributed by atoms with van der Waals surface area (Å²) < 4.78 is 5.92. The fourth-order valence-electron chi connectivity index (χ4n) is 7.29. The van der Waals surface area contributed by atoms with E-state index in [1.165, 1.54) is 11.8 Å². The van der Waals surface area contributed by atoms with Crippen molar-refractivity contribution >= 4 is 0 Å². The van der Waals surface area contributed by atoms with Gasteiger partial charge in [0.05, 0.1) is 12.2 Å². The molecule has 1 heterocycles. The summed E-state index contributed by atoms with van der Waals surface area (Å²) in [6.07, 6.45) is 3.23. The first-order valence-electron chi connectivity index (χ1n) is 6.06. The second-order valence-corrected chi connectivity index (χ2v) is 6.58. The number of hydrogen-bond donors (Lipinski definition) is 0. The molecule has 0 radical (unpaired) electrons. The Balaban J connectivity index is 1.78. The van der Waals surface area contributed by atoms with Crippen molar-refractivity contribution in [2.75, 3.05) is 6.61 Å². The van der Waals surface area contributed by atoms with Gasteiger partial charge < -0.3 is 4.74 Å². The fourth-order valence-corrected chi connectivity index (χ4v) is 7.29. The van der Waals surface area contributed by atoms with Crippen molar-refractivity contribution in [2.24, 2.45) is 47.3 Å². The predicted octanol–water partition coefficient (Wildman–Crippen LogP) is 1.53. The summed E-state index contributed by atoms with van der Waals surface area (Å²) in [5.74, 6) is 9.11. The second-order valence-electron chi connectivity index (χ2n) is 6.58. The van der Waals surface area contributed by atoms with Crippen LogP contribution in [0.25, 0.3) is 0 Å². The lowest BCUT2D eigenvalue weighted by Gasteiger charge is -2.33. The van der Waals surface area contributed by atoms with Crippen molar-refractivity contribution in [3.05, 3.63) is 0 Å². The molecule has 7 aliphatic rings. The van der Waals surface area contributed by atoms with E-state index in [0.717, 1.165) is 42.1 Å². The standard InChI is InChI=1S/C12H14O/c1-4-5-2-7-8(4)10-6(1)9(5)11(7)12(10)3-13-12/h4-11H,1-3H2/t4-,5+,6+,7-,8-,9-,10+,11-,12?/m1/s1. The normalized spacial score (nSPS) is 88.6. The third-order valence-corrected chi connectivity index (χ3v) is 6.97. The largest absolute Gasteiger partial charge is 0.369 e. The Morgan fingerprint density at radius 2 is 1.38 bits per heavy atom. The van der Waals surface area contributed by atoms with Crippen LogP contribution >= 0.6 is 0 Å². The van der Waals surface area contributed by atoms with Gasteiger partial charge in [0.1, 0.15) is 0 Å². The van der Waals surface area contributed by atoms with Gasteiger partial charge in [0, 0.05) is 0 Å². The van der Waals surface area contributed by atoms with Crippen LogP contribution in [0.3, 0.4) is 0 Å². The minimum atomic E-state index is 0.505. The first kappa shape index (κ1) is 5.75. The minimum absolute atomic E-state index is 0.505. The lowest BCUT2D eigenvalue weighted by molar-refractivity contribution is 0.132. The van der Waals surface area contributed by atoms with Crippen LogP contribution in [-0.4, -0.2) is 12.2 Å². The summed E-state index contributed by atoms with van der Waals surface area (Å²) >= 11 is 0. The zero-order valence-electron chi connectivity index (χ0n) is 7.65. The Kier molecular flexibility index (Phi) is 0.551. The Morgan fingerprint density at radius 3 is 1.85 bits per heavy atom. The van der Waals surface area contributed by atoms with Gasteiger partial charge in [-0.05, 0) is 60.2 Å². The molecule has 0 N–H and O–H groups in total. The molecule has 0 aromatic rings. The molecule has 13 heavy (non-hydrogen) atoms. The Labute approximate surface area is 77.8 Å². The van der Waals surface area contributed by atoms with Gasteiger partial charge in [-0.1, -0.05) is 0 Å². The van der Waals surface area contributed by atoms with Crippen molar-refractivity contribution in [1.82, 2.24) is 0 Å². The van der Waals surface area contributed by atoms with Gasteiger partial charge in [-0.15, -0.1) is 0 Å². The zero-order chi connectivity index (χ0) is 7.95. The molecule has 9 atom stereocenters. The number of ether oxygens (including phenoxy) is 1. The molecule has 0 aromatic heterocycles. The van der Waals surface area contributed by atoms with Gasteiger partial charge in [-0.2, -0.15) is 0 Å². The Bertz CT molecular complexity index is 315. The molecule has 1 aliphatic heterocycles. The molecule has 7 rings (SSSR count). The number of epoxide rings is 1. The van der Waals surface area contributed by atoms with Gasteiger partial charge >= 0.3 is 0 Å². The maximum atomic E-state index is 5.92. The molecule has 1 heteroatoms. The highest BCUT2D eigenvalue weighted by atomic mass is 16.6.